The molecule has 0 aromatic heterocycles. The molecule has 3 N–H and O–H groups in total. The maximum atomic E-state index is 12.1. The second kappa shape index (κ2) is 5.40. The molecule has 1 amide bonds. The van der Waals surface area contributed by atoms with E-state index in [1.807, 2.05) is 19.1 Å². The summed E-state index contributed by atoms with van der Waals surface area (Å²) in [4.78, 5) is 12.1. The lowest BCUT2D eigenvalue weighted by molar-refractivity contribution is -0.119. The van der Waals surface area contributed by atoms with Crippen LogP contribution in [0.25, 0.3) is 0 Å². The van der Waals surface area contributed by atoms with Crippen LogP contribution in [-0.4, -0.2) is 23.6 Å². The molecule has 1 saturated heterocycles. The lowest BCUT2D eigenvalue weighted by atomic mass is 9.94. The minimum Gasteiger partial charge on any atom is -0.505 e. The van der Waals surface area contributed by atoms with Crippen molar-refractivity contribution in [1.29, 1.82) is 0 Å². The summed E-state index contributed by atoms with van der Waals surface area (Å²) < 4.78 is 0. The van der Waals surface area contributed by atoms with Gasteiger partial charge in [0.15, 0.2) is 0 Å². The zero-order chi connectivity index (χ0) is 13.1. The van der Waals surface area contributed by atoms with Crippen LogP contribution < -0.4 is 10.6 Å². The Hall–Kier alpha value is -1.55. The van der Waals surface area contributed by atoms with Crippen LogP contribution in [0, 0.1) is 12.8 Å². The highest BCUT2D eigenvalue weighted by atomic mass is 16.3. The Labute approximate surface area is 107 Å². The maximum absolute atomic E-state index is 12.1. The Balaban J connectivity index is 2.04. The van der Waals surface area contributed by atoms with E-state index < -0.39 is 0 Å². The minimum absolute atomic E-state index is 0.0672. The molecular formula is C14H20N2O2. The number of nitrogens with one attached hydrogen (secondary N) is 2. The number of amides is 1. The van der Waals surface area contributed by atoms with Crippen LogP contribution in [0.4, 0.5) is 5.69 Å². The third kappa shape index (κ3) is 2.82. The molecule has 0 saturated carbocycles. The molecule has 2 unspecified atom stereocenters. The van der Waals surface area contributed by atoms with Crippen LogP contribution in [0.3, 0.4) is 0 Å². The fraction of sp³-hybridized carbons (Fsp3) is 0.500. The lowest BCUT2D eigenvalue weighted by Gasteiger charge is -2.27. The molecule has 0 spiro atoms. The third-order valence-electron chi connectivity index (χ3n) is 3.48. The van der Waals surface area contributed by atoms with E-state index in [2.05, 4.69) is 17.6 Å². The first kappa shape index (κ1) is 12.9. The van der Waals surface area contributed by atoms with Gasteiger partial charge in [0.1, 0.15) is 5.75 Å². The molecular weight excluding hydrogens is 228 g/mol. The van der Waals surface area contributed by atoms with Crippen molar-refractivity contribution in [2.75, 3.05) is 11.9 Å². The molecule has 0 aliphatic carbocycles. The molecule has 2 atom stereocenters. The minimum atomic E-state index is -0.159. The van der Waals surface area contributed by atoms with Gasteiger partial charge in [-0.15, -0.1) is 0 Å². The molecule has 0 radical (unpaired) electrons. The van der Waals surface area contributed by atoms with Gasteiger partial charge in [-0.05, 0) is 43.9 Å². The Bertz CT molecular complexity index is 445. The quantitative estimate of drug-likeness (QED) is 0.702. The third-order valence-corrected chi connectivity index (χ3v) is 3.48. The Morgan fingerprint density at radius 1 is 1.50 bits per heavy atom. The van der Waals surface area contributed by atoms with Gasteiger partial charge in [-0.3, -0.25) is 4.79 Å². The Morgan fingerprint density at radius 3 is 3.00 bits per heavy atom. The average molecular weight is 248 g/mol. The zero-order valence-electron chi connectivity index (χ0n) is 10.9. The fourth-order valence-electron chi connectivity index (χ4n) is 2.29. The van der Waals surface area contributed by atoms with Crippen LogP contribution in [0.2, 0.25) is 0 Å². The first-order chi connectivity index (χ1) is 8.58. The van der Waals surface area contributed by atoms with Gasteiger partial charge in [0, 0.05) is 0 Å². The number of piperidine rings is 1. The number of para-hydroxylation sites is 1. The van der Waals surface area contributed by atoms with E-state index in [4.69, 9.17) is 0 Å². The molecule has 1 aromatic rings. The standard InChI is InChI=1S/C14H20N2O2/c1-9-6-7-15-12(8-9)14(18)16-11-5-3-4-10(2)13(11)17/h3-5,9,12,15,17H,6-8H2,1-2H3,(H,16,18). The number of hydrogen-bond donors (Lipinski definition) is 3. The van der Waals surface area contributed by atoms with Crippen molar-refractivity contribution in [1.82, 2.24) is 5.32 Å². The van der Waals surface area contributed by atoms with Crippen LogP contribution in [0.15, 0.2) is 18.2 Å². The highest BCUT2D eigenvalue weighted by Crippen LogP contribution is 2.27. The monoisotopic (exact) mass is 248 g/mol. The first-order valence-electron chi connectivity index (χ1n) is 6.40. The molecule has 0 bridgehead atoms. The molecule has 1 aromatic carbocycles. The summed E-state index contributed by atoms with van der Waals surface area (Å²) in [7, 11) is 0. The van der Waals surface area contributed by atoms with E-state index in [1.54, 1.807) is 6.07 Å². The molecule has 98 valence electrons. The summed E-state index contributed by atoms with van der Waals surface area (Å²) in [5.74, 6) is 0.644. The van der Waals surface area contributed by atoms with Crippen molar-refractivity contribution < 1.29 is 9.90 Å². The summed E-state index contributed by atoms with van der Waals surface area (Å²) in [6, 6.07) is 5.19. The van der Waals surface area contributed by atoms with Gasteiger partial charge in [-0.25, -0.2) is 0 Å². The van der Waals surface area contributed by atoms with E-state index in [0.29, 0.717) is 11.6 Å². The van der Waals surface area contributed by atoms with Gasteiger partial charge in [-0.2, -0.15) is 0 Å². The number of aromatic hydroxyl groups is 1. The van der Waals surface area contributed by atoms with E-state index in [-0.39, 0.29) is 17.7 Å². The van der Waals surface area contributed by atoms with E-state index in [9.17, 15) is 9.90 Å². The fourth-order valence-corrected chi connectivity index (χ4v) is 2.29. The number of anilines is 1. The number of carbonyl (C=O) groups excluding carboxylic acids is 1. The summed E-state index contributed by atoms with van der Waals surface area (Å²) >= 11 is 0. The van der Waals surface area contributed by atoms with Crippen LogP contribution in [0.5, 0.6) is 5.75 Å². The second-order valence-corrected chi connectivity index (χ2v) is 5.10. The summed E-state index contributed by atoms with van der Waals surface area (Å²) in [5, 5.41) is 15.9. The van der Waals surface area contributed by atoms with Crippen LogP contribution in [-0.2, 0) is 4.79 Å². The van der Waals surface area contributed by atoms with Gasteiger partial charge in [-0.1, -0.05) is 19.1 Å². The normalized spacial score (nSPS) is 23.7. The first-order valence-corrected chi connectivity index (χ1v) is 6.40. The van der Waals surface area contributed by atoms with Crippen LogP contribution in [0.1, 0.15) is 25.3 Å². The number of aryl methyl sites for hydroxylation is 1. The van der Waals surface area contributed by atoms with Crippen molar-refractivity contribution >= 4 is 11.6 Å². The summed E-state index contributed by atoms with van der Waals surface area (Å²) in [5.41, 5.74) is 1.25. The van der Waals surface area contributed by atoms with Gasteiger partial charge in [0.25, 0.3) is 0 Å². The highest BCUT2D eigenvalue weighted by molar-refractivity contribution is 5.96. The number of phenols is 1. The molecule has 18 heavy (non-hydrogen) atoms. The largest absolute Gasteiger partial charge is 0.505 e. The number of phenolic OH excluding ortho intramolecular Hbond substituents is 1. The topological polar surface area (TPSA) is 61.4 Å². The predicted molar refractivity (Wildman–Crippen MR) is 71.7 cm³/mol. The number of benzene rings is 1. The van der Waals surface area contributed by atoms with Crippen LogP contribution >= 0.6 is 0 Å². The molecule has 2 rings (SSSR count). The van der Waals surface area contributed by atoms with E-state index >= 15 is 0 Å². The summed E-state index contributed by atoms with van der Waals surface area (Å²) in [6.45, 7) is 4.84. The predicted octanol–water partition coefficient (Wildman–Crippen LogP) is 2.03. The molecule has 4 heteroatoms. The van der Waals surface area contributed by atoms with Gasteiger partial charge in [0.2, 0.25) is 5.91 Å². The molecule has 1 aliphatic heterocycles. The maximum Gasteiger partial charge on any atom is 0.241 e. The molecule has 1 aliphatic rings. The van der Waals surface area contributed by atoms with Crippen molar-refractivity contribution in [3.63, 3.8) is 0 Å². The van der Waals surface area contributed by atoms with Gasteiger partial charge >= 0.3 is 0 Å². The smallest absolute Gasteiger partial charge is 0.241 e. The molecule has 4 nitrogen and oxygen atoms in total. The lowest BCUT2D eigenvalue weighted by Crippen LogP contribution is -2.45. The second-order valence-electron chi connectivity index (χ2n) is 5.10. The van der Waals surface area contributed by atoms with Crippen molar-refractivity contribution in [2.24, 2.45) is 5.92 Å². The van der Waals surface area contributed by atoms with Crippen molar-refractivity contribution in [3.8, 4) is 5.75 Å². The number of rotatable bonds is 2. The SMILES string of the molecule is Cc1cccc(NC(=O)C2CC(C)CCN2)c1O. The van der Waals surface area contributed by atoms with Crippen molar-refractivity contribution in [2.45, 2.75) is 32.7 Å². The molecule has 1 fully saturated rings. The summed E-state index contributed by atoms with van der Waals surface area (Å²) in [6.07, 6.45) is 1.96. The zero-order valence-corrected chi connectivity index (χ0v) is 10.9. The van der Waals surface area contributed by atoms with Gasteiger partial charge in [0.05, 0.1) is 11.7 Å². The van der Waals surface area contributed by atoms with Gasteiger partial charge < -0.3 is 15.7 Å². The Kier molecular flexibility index (Phi) is 3.87. The average Bonchev–Trinajstić information content (AvgIpc) is 2.35. The number of hydrogen-bond acceptors (Lipinski definition) is 3. The Morgan fingerprint density at radius 2 is 2.28 bits per heavy atom. The highest BCUT2D eigenvalue weighted by Gasteiger charge is 2.25. The molecule has 1 heterocycles. The van der Waals surface area contributed by atoms with E-state index in [1.165, 1.54) is 0 Å². The number of carbonyl (C=O) groups is 1. The van der Waals surface area contributed by atoms with Crippen molar-refractivity contribution in [3.05, 3.63) is 23.8 Å². The van der Waals surface area contributed by atoms with E-state index in [0.717, 1.165) is 24.9 Å².